The first-order valence-electron chi connectivity index (χ1n) is 14.5. The molecule has 0 aliphatic carbocycles. The van der Waals surface area contributed by atoms with Crippen LogP contribution in [0, 0.1) is 0 Å². The molecule has 6 unspecified atom stereocenters. The Bertz CT molecular complexity index is 932. The number of hydrogen-bond acceptors (Lipinski definition) is 21. The predicted octanol–water partition coefficient (Wildman–Crippen LogP) is -9.09. The summed E-state index contributed by atoms with van der Waals surface area (Å²) in [6, 6.07) is 0. The highest BCUT2D eigenvalue weighted by Crippen LogP contribution is 2.36. The highest BCUT2D eigenvalue weighted by molar-refractivity contribution is 4.99. The summed E-state index contributed by atoms with van der Waals surface area (Å²) in [5.41, 5.74) is 0. The number of methoxy groups -OCH3 is 1. The zero-order valence-electron chi connectivity index (χ0n) is 24.5. The number of hydrogen-bond donors (Lipinski definition) is 13. The molecule has 46 heavy (non-hydrogen) atoms. The average molecular weight is 681 g/mol. The molecule has 20 atom stereocenters. The second-order valence-electron chi connectivity index (χ2n) is 11.4. The van der Waals surface area contributed by atoms with Crippen molar-refractivity contribution in [1.82, 2.24) is 0 Å². The molecule has 21 heteroatoms. The van der Waals surface area contributed by atoms with E-state index in [4.69, 9.17) is 37.9 Å². The summed E-state index contributed by atoms with van der Waals surface area (Å²) in [6.45, 7) is -3.45. The number of aliphatic hydroxyl groups is 13. The van der Waals surface area contributed by atoms with Crippen LogP contribution in [-0.4, -0.2) is 223 Å². The highest BCUT2D eigenvalue weighted by Gasteiger charge is 2.57. The molecule has 4 fully saturated rings. The summed E-state index contributed by atoms with van der Waals surface area (Å²) in [4.78, 5) is 0. The van der Waals surface area contributed by atoms with Crippen molar-refractivity contribution in [2.24, 2.45) is 0 Å². The van der Waals surface area contributed by atoms with E-state index < -0.39 is 149 Å². The Labute approximate surface area is 261 Å². The van der Waals surface area contributed by atoms with Crippen LogP contribution in [0.2, 0.25) is 0 Å². The molecule has 0 radical (unpaired) electrons. The molecule has 270 valence electrons. The van der Waals surface area contributed by atoms with Gasteiger partial charge in [-0.1, -0.05) is 0 Å². The maximum atomic E-state index is 11.5. The van der Waals surface area contributed by atoms with Gasteiger partial charge in [0, 0.05) is 7.11 Å². The molecule has 0 saturated carbocycles. The summed E-state index contributed by atoms with van der Waals surface area (Å²) < 4.78 is 44.2. The van der Waals surface area contributed by atoms with Gasteiger partial charge in [-0.05, 0) is 0 Å². The predicted molar refractivity (Wildman–Crippen MR) is 139 cm³/mol. The standard InChI is InChI=1S/C25H44O21/c1-39-22-15(37)20(18(43-22)7(31)3-27)45-25-16(38)21(46-24-14(36)12(34)17(42-24)6(30)2-26)19(9(5-29)41-25)44-23-13(35)11(33)10(32)8(4-28)40-23/h6-38H,2-5H2,1H3/t6-,7-,8?,9?,10+,11+,12+,13?,14?,15?,16?,17+,18+,19+,20+,21-,22-,23-,24+,25-/m1/s1. The Morgan fingerprint density at radius 2 is 0.935 bits per heavy atom. The molecule has 4 aliphatic heterocycles. The van der Waals surface area contributed by atoms with E-state index in [-0.39, 0.29) is 0 Å². The molecule has 4 aliphatic rings. The summed E-state index contributed by atoms with van der Waals surface area (Å²) in [6.07, 6.45) is -34.2. The van der Waals surface area contributed by atoms with Crippen molar-refractivity contribution in [3.63, 3.8) is 0 Å². The second kappa shape index (κ2) is 16.2. The minimum absolute atomic E-state index is 0.822. The van der Waals surface area contributed by atoms with Crippen molar-refractivity contribution in [2.75, 3.05) is 33.5 Å². The second-order valence-corrected chi connectivity index (χ2v) is 11.4. The van der Waals surface area contributed by atoms with Gasteiger partial charge in [0.15, 0.2) is 25.2 Å². The molecule has 0 bridgehead atoms. The van der Waals surface area contributed by atoms with E-state index in [1.165, 1.54) is 7.11 Å². The highest BCUT2D eigenvalue weighted by atomic mass is 16.8. The fourth-order valence-electron chi connectivity index (χ4n) is 5.75. The quantitative estimate of drug-likeness (QED) is 0.0858. The first kappa shape index (κ1) is 38.0. The third-order valence-electron chi connectivity index (χ3n) is 8.37. The van der Waals surface area contributed by atoms with Gasteiger partial charge in [-0.15, -0.1) is 0 Å². The molecule has 13 N–H and O–H groups in total. The summed E-state index contributed by atoms with van der Waals surface area (Å²) in [7, 11) is 1.18. The van der Waals surface area contributed by atoms with E-state index >= 15 is 0 Å². The van der Waals surface area contributed by atoms with Crippen LogP contribution in [0.15, 0.2) is 0 Å². The van der Waals surface area contributed by atoms with Gasteiger partial charge in [0.2, 0.25) is 0 Å². The zero-order valence-corrected chi connectivity index (χ0v) is 24.5. The fraction of sp³-hybridized carbons (Fsp3) is 1.00. The minimum Gasteiger partial charge on any atom is -0.394 e. The van der Waals surface area contributed by atoms with Crippen molar-refractivity contribution in [3.05, 3.63) is 0 Å². The van der Waals surface area contributed by atoms with Gasteiger partial charge in [-0.25, -0.2) is 0 Å². The monoisotopic (exact) mass is 680 g/mol. The van der Waals surface area contributed by atoms with Crippen LogP contribution >= 0.6 is 0 Å². The van der Waals surface area contributed by atoms with Gasteiger partial charge in [0.1, 0.15) is 97.7 Å². The summed E-state index contributed by atoms with van der Waals surface area (Å²) in [5, 5.41) is 133. The third kappa shape index (κ3) is 7.50. The molecule has 0 aromatic heterocycles. The van der Waals surface area contributed by atoms with Crippen LogP contribution in [0.4, 0.5) is 0 Å². The lowest BCUT2D eigenvalue weighted by molar-refractivity contribution is -0.379. The van der Waals surface area contributed by atoms with E-state index in [1.807, 2.05) is 0 Å². The Kier molecular flexibility index (Phi) is 13.4. The number of aliphatic hydroxyl groups excluding tert-OH is 13. The minimum atomic E-state index is -2.03. The molecule has 4 saturated heterocycles. The van der Waals surface area contributed by atoms with Crippen molar-refractivity contribution < 1.29 is 104 Å². The Hall–Kier alpha value is -0.840. The topological polar surface area (TPSA) is 337 Å². The molecule has 0 aromatic carbocycles. The van der Waals surface area contributed by atoms with E-state index in [1.54, 1.807) is 0 Å². The van der Waals surface area contributed by atoms with E-state index in [0.29, 0.717) is 0 Å². The van der Waals surface area contributed by atoms with Crippen LogP contribution in [0.3, 0.4) is 0 Å². The van der Waals surface area contributed by atoms with Gasteiger partial charge in [0.05, 0.1) is 26.4 Å². The lowest BCUT2D eigenvalue weighted by Crippen LogP contribution is -2.66. The van der Waals surface area contributed by atoms with Gasteiger partial charge in [-0.3, -0.25) is 0 Å². The fourth-order valence-corrected chi connectivity index (χ4v) is 5.75. The van der Waals surface area contributed by atoms with Crippen molar-refractivity contribution in [1.29, 1.82) is 0 Å². The van der Waals surface area contributed by atoms with Crippen LogP contribution in [0.25, 0.3) is 0 Å². The van der Waals surface area contributed by atoms with Crippen LogP contribution in [0.5, 0.6) is 0 Å². The number of rotatable bonds is 13. The Morgan fingerprint density at radius 3 is 1.52 bits per heavy atom. The molecule has 0 amide bonds. The van der Waals surface area contributed by atoms with Gasteiger partial charge < -0.3 is 104 Å². The van der Waals surface area contributed by atoms with Crippen LogP contribution < -0.4 is 0 Å². The van der Waals surface area contributed by atoms with Crippen LogP contribution in [0.1, 0.15) is 0 Å². The first-order chi connectivity index (χ1) is 21.8. The Balaban J connectivity index is 1.64. The summed E-state index contributed by atoms with van der Waals surface area (Å²) in [5.74, 6) is 0. The molecule has 21 nitrogen and oxygen atoms in total. The zero-order chi connectivity index (χ0) is 34.0. The van der Waals surface area contributed by atoms with Crippen molar-refractivity contribution in [2.45, 2.75) is 123 Å². The smallest absolute Gasteiger partial charge is 0.187 e. The van der Waals surface area contributed by atoms with Crippen LogP contribution in [-0.2, 0) is 37.9 Å². The molecule has 4 heterocycles. The molecular formula is C25H44O21. The average Bonchev–Trinajstić information content (AvgIpc) is 3.53. The maximum absolute atomic E-state index is 11.5. The normalized spacial score (nSPS) is 49.7. The maximum Gasteiger partial charge on any atom is 0.187 e. The van der Waals surface area contributed by atoms with E-state index in [9.17, 15) is 66.4 Å². The first-order valence-corrected chi connectivity index (χ1v) is 14.5. The molecular weight excluding hydrogens is 636 g/mol. The van der Waals surface area contributed by atoms with Crippen molar-refractivity contribution >= 4 is 0 Å². The van der Waals surface area contributed by atoms with Gasteiger partial charge >= 0.3 is 0 Å². The third-order valence-corrected chi connectivity index (χ3v) is 8.37. The molecule has 0 spiro atoms. The lowest BCUT2D eigenvalue weighted by Gasteiger charge is -2.48. The van der Waals surface area contributed by atoms with E-state index in [0.717, 1.165) is 0 Å². The van der Waals surface area contributed by atoms with Gasteiger partial charge in [0.25, 0.3) is 0 Å². The number of ether oxygens (including phenoxy) is 8. The van der Waals surface area contributed by atoms with Crippen molar-refractivity contribution in [3.8, 4) is 0 Å². The molecule has 4 rings (SSSR count). The van der Waals surface area contributed by atoms with E-state index in [2.05, 4.69) is 0 Å². The van der Waals surface area contributed by atoms with Gasteiger partial charge in [-0.2, -0.15) is 0 Å². The lowest BCUT2D eigenvalue weighted by atomic mass is 9.96. The summed E-state index contributed by atoms with van der Waals surface area (Å²) >= 11 is 0. The largest absolute Gasteiger partial charge is 0.394 e. The Morgan fingerprint density at radius 1 is 0.478 bits per heavy atom. The molecule has 0 aromatic rings. The SMILES string of the molecule is CO[C@@H]1O[C@@H]([C@H](O)CO)[C@@H](O[C@H]2OC(CO)[C@H](O[C@H]3OC(CO)[C@H](O)[C@H](O)C3O)[C@H](O[C@@H]3O[C@@H]([C@H](O)CO)[C@@H](O)C3O)C2O)C1O.